The van der Waals surface area contributed by atoms with E-state index in [-0.39, 0.29) is 12.7 Å². The SMILES string of the molecule is CC(C)(C)F.CC(C)OC(=O)OCC1OCCO1.Nc1ccnc(=O)[nH]1. The first kappa shape index (κ1) is 23.8. The van der Waals surface area contributed by atoms with E-state index in [0.29, 0.717) is 19.0 Å². The molecule has 0 amide bonds. The Hall–Kier alpha value is -2.20. The Labute approximate surface area is 152 Å². The van der Waals surface area contributed by atoms with Crippen LogP contribution in [0.3, 0.4) is 0 Å². The number of hydrogen-bond donors (Lipinski definition) is 2. The van der Waals surface area contributed by atoms with Crippen molar-refractivity contribution in [1.82, 2.24) is 9.97 Å². The summed E-state index contributed by atoms with van der Waals surface area (Å²) < 4.78 is 31.3. The van der Waals surface area contributed by atoms with Gasteiger partial charge in [0.25, 0.3) is 0 Å². The van der Waals surface area contributed by atoms with Crippen molar-refractivity contribution in [3.8, 4) is 0 Å². The standard InChI is InChI=1S/C8H14O5.C4H9F.C4H5N3O/c1-6(2)13-8(9)12-5-7-10-3-4-11-7;1-4(2,3)5;5-3-1-2-6-4(8)7-3/h6-7H,3-5H2,1-2H3;1-3H3;1-2H,(H3,5,6,7,8). The molecule has 0 spiro atoms. The molecule has 0 radical (unpaired) electrons. The Morgan fingerprint density at radius 3 is 2.35 bits per heavy atom. The van der Waals surface area contributed by atoms with Gasteiger partial charge in [-0.15, -0.1) is 0 Å². The third-order valence-electron chi connectivity index (χ3n) is 2.06. The van der Waals surface area contributed by atoms with Gasteiger partial charge in [0, 0.05) is 6.20 Å². The predicted octanol–water partition coefficient (Wildman–Crippen LogP) is 2.03. The van der Waals surface area contributed by atoms with E-state index in [1.165, 1.54) is 33.0 Å². The molecular weight excluding hydrogens is 349 g/mol. The zero-order chi connectivity index (χ0) is 20.2. The monoisotopic (exact) mass is 377 g/mol. The number of anilines is 1. The highest BCUT2D eigenvalue weighted by Gasteiger charge is 2.18. The van der Waals surface area contributed by atoms with Crippen molar-refractivity contribution in [3.63, 3.8) is 0 Å². The van der Waals surface area contributed by atoms with Gasteiger partial charge in [-0.3, -0.25) is 4.98 Å². The molecule has 0 aromatic carbocycles. The van der Waals surface area contributed by atoms with Gasteiger partial charge in [0.1, 0.15) is 18.1 Å². The van der Waals surface area contributed by atoms with E-state index in [4.69, 9.17) is 24.7 Å². The molecule has 1 aliphatic rings. The molecule has 2 heterocycles. The zero-order valence-electron chi connectivity index (χ0n) is 15.8. The molecule has 1 aromatic rings. The average molecular weight is 377 g/mol. The second-order valence-electron chi connectivity index (χ2n) is 6.30. The number of ether oxygens (including phenoxy) is 4. The van der Waals surface area contributed by atoms with Crippen LogP contribution in [0.1, 0.15) is 34.6 Å². The summed E-state index contributed by atoms with van der Waals surface area (Å²) in [7, 11) is 0. The molecule has 1 saturated heterocycles. The summed E-state index contributed by atoms with van der Waals surface area (Å²) in [4.78, 5) is 26.7. The van der Waals surface area contributed by atoms with E-state index in [2.05, 4.69) is 9.97 Å². The van der Waals surface area contributed by atoms with Crippen LogP contribution >= 0.6 is 0 Å². The first-order chi connectivity index (χ1) is 12.0. The predicted molar refractivity (Wildman–Crippen MR) is 93.4 cm³/mol. The highest BCUT2D eigenvalue weighted by atomic mass is 19.1. The lowest BCUT2D eigenvalue weighted by molar-refractivity contribution is -0.0891. The summed E-state index contributed by atoms with van der Waals surface area (Å²) >= 11 is 0. The number of rotatable bonds is 3. The van der Waals surface area contributed by atoms with Crippen molar-refractivity contribution in [1.29, 1.82) is 0 Å². The Kier molecular flexibility index (Phi) is 11.2. The van der Waals surface area contributed by atoms with Gasteiger partial charge in [-0.1, -0.05) is 0 Å². The summed E-state index contributed by atoms with van der Waals surface area (Å²) in [5, 5.41) is 0. The number of carbonyl (C=O) groups is 1. The van der Waals surface area contributed by atoms with Crippen LogP contribution in [-0.4, -0.2) is 54.0 Å². The molecule has 3 N–H and O–H groups in total. The van der Waals surface area contributed by atoms with Gasteiger partial charge in [-0.05, 0) is 40.7 Å². The van der Waals surface area contributed by atoms with Gasteiger partial charge in [0.05, 0.1) is 19.3 Å². The van der Waals surface area contributed by atoms with Crippen LogP contribution in [0.15, 0.2) is 17.1 Å². The molecule has 2 rings (SSSR count). The van der Waals surface area contributed by atoms with Crippen LogP contribution in [0.5, 0.6) is 0 Å². The number of nitrogens with one attached hydrogen (secondary N) is 1. The normalized spacial score (nSPS) is 14.0. The fourth-order valence-corrected chi connectivity index (χ4v) is 1.25. The summed E-state index contributed by atoms with van der Waals surface area (Å²) in [6.45, 7) is 9.26. The van der Waals surface area contributed by atoms with Crippen molar-refractivity contribution in [2.24, 2.45) is 0 Å². The number of carbonyl (C=O) groups excluding carboxylic acids is 1. The molecule has 10 heteroatoms. The number of H-pyrrole nitrogens is 1. The molecule has 0 saturated carbocycles. The van der Waals surface area contributed by atoms with Crippen LogP contribution in [0.2, 0.25) is 0 Å². The van der Waals surface area contributed by atoms with Crippen molar-refractivity contribution in [2.45, 2.75) is 52.7 Å². The molecule has 0 atom stereocenters. The second kappa shape index (κ2) is 12.2. The van der Waals surface area contributed by atoms with Gasteiger partial charge in [0.2, 0.25) is 0 Å². The molecule has 150 valence electrons. The summed E-state index contributed by atoms with van der Waals surface area (Å²) in [5.74, 6) is 0.338. The fourth-order valence-electron chi connectivity index (χ4n) is 1.25. The lowest BCUT2D eigenvalue weighted by Gasteiger charge is -2.11. The number of nitrogens with two attached hydrogens (primary N) is 1. The van der Waals surface area contributed by atoms with Gasteiger partial charge in [0.15, 0.2) is 6.29 Å². The number of aromatic nitrogens is 2. The number of aromatic amines is 1. The number of nitrogen functional groups attached to an aromatic ring is 1. The van der Waals surface area contributed by atoms with E-state index in [0.717, 1.165) is 0 Å². The first-order valence-corrected chi connectivity index (χ1v) is 8.03. The Balaban J connectivity index is 0.000000409. The zero-order valence-corrected chi connectivity index (χ0v) is 15.8. The van der Waals surface area contributed by atoms with Crippen LogP contribution in [0.25, 0.3) is 0 Å². The first-order valence-electron chi connectivity index (χ1n) is 8.03. The Bertz CT molecular complexity index is 562. The second-order valence-corrected chi connectivity index (χ2v) is 6.30. The lowest BCUT2D eigenvalue weighted by Crippen LogP contribution is -2.21. The lowest BCUT2D eigenvalue weighted by atomic mass is 10.2. The number of nitrogens with zero attached hydrogens (tertiary/aromatic N) is 1. The van der Waals surface area contributed by atoms with E-state index < -0.39 is 23.8 Å². The van der Waals surface area contributed by atoms with E-state index in [9.17, 15) is 14.0 Å². The minimum absolute atomic E-state index is 0.0888. The fraction of sp³-hybridized carbons (Fsp3) is 0.688. The topological polar surface area (TPSA) is 126 Å². The highest BCUT2D eigenvalue weighted by molar-refractivity contribution is 5.60. The molecule has 0 unspecified atom stereocenters. The molecular formula is C16H28FN3O6. The molecule has 0 aliphatic carbocycles. The Morgan fingerprint density at radius 1 is 1.42 bits per heavy atom. The summed E-state index contributed by atoms with van der Waals surface area (Å²) in [6, 6.07) is 1.52. The Morgan fingerprint density at radius 2 is 1.96 bits per heavy atom. The van der Waals surface area contributed by atoms with Crippen molar-refractivity contribution >= 4 is 12.0 Å². The maximum atomic E-state index is 11.7. The van der Waals surface area contributed by atoms with Gasteiger partial charge >= 0.3 is 11.8 Å². The van der Waals surface area contributed by atoms with E-state index >= 15 is 0 Å². The molecule has 0 bridgehead atoms. The molecule has 1 fully saturated rings. The van der Waals surface area contributed by atoms with Gasteiger partial charge in [-0.25, -0.2) is 19.0 Å². The number of hydrogen-bond acceptors (Lipinski definition) is 8. The largest absolute Gasteiger partial charge is 0.508 e. The van der Waals surface area contributed by atoms with Crippen LogP contribution < -0.4 is 11.4 Å². The number of alkyl halides is 1. The molecule has 1 aromatic heterocycles. The summed E-state index contributed by atoms with van der Waals surface area (Å²) in [6.07, 6.45) is 0.0699. The van der Waals surface area contributed by atoms with Crippen LogP contribution in [0.4, 0.5) is 15.0 Å². The smallest absolute Gasteiger partial charge is 0.432 e. The molecule has 1 aliphatic heterocycles. The number of halogens is 1. The third kappa shape index (κ3) is 16.7. The van der Waals surface area contributed by atoms with Crippen molar-refractivity contribution < 1.29 is 28.1 Å². The van der Waals surface area contributed by atoms with Gasteiger partial charge < -0.3 is 24.7 Å². The van der Waals surface area contributed by atoms with Crippen LogP contribution in [0, 0.1) is 0 Å². The van der Waals surface area contributed by atoms with Crippen LogP contribution in [-0.2, 0) is 18.9 Å². The molecule has 26 heavy (non-hydrogen) atoms. The third-order valence-corrected chi connectivity index (χ3v) is 2.06. The highest BCUT2D eigenvalue weighted by Crippen LogP contribution is 2.04. The van der Waals surface area contributed by atoms with E-state index in [1.807, 2.05) is 0 Å². The maximum Gasteiger partial charge on any atom is 0.508 e. The van der Waals surface area contributed by atoms with Crippen molar-refractivity contribution in [2.75, 3.05) is 25.6 Å². The summed E-state index contributed by atoms with van der Waals surface area (Å²) in [5.41, 5.74) is 3.75. The van der Waals surface area contributed by atoms with Crippen molar-refractivity contribution in [3.05, 3.63) is 22.7 Å². The van der Waals surface area contributed by atoms with E-state index in [1.54, 1.807) is 13.8 Å². The minimum atomic E-state index is -1.00. The van der Waals surface area contributed by atoms with Gasteiger partial charge in [-0.2, -0.15) is 0 Å². The average Bonchev–Trinajstić information content (AvgIpc) is 2.96. The maximum absolute atomic E-state index is 11.7. The molecule has 9 nitrogen and oxygen atoms in total. The quantitative estimate of drug-likeness (QED) is 0.766. The minimum Gasteiger partial charge on any atom is -0.432 e.